The van der Waals surface area contributed by atoms with Gasteiger partial charge in [0.25, 0.3) is 0 Å². The topological polar surface area (TPSA) is 49.3 Å². The van der Waals surface area contributed by atoms with Crippen LogP contribution < -0.4 is 4.90 Å². The highest BCUT2D eigenvalue weighted by Gasteiger charge is 2.21. The quantitative estimate of drug-likeness (QED) is 0.739. The Morgan fingerprint density at radius 2 is 1.76 bits per heavy atom. The molecule has 0 bridgehead atoms. The number of anilines is 1. The largest absolute Gasteiger partial charge is 0.368 e. The highest BCUT2D eigenvalue weighted by atomic mass is 16.2. The van der Waals surface area contributed by atoms with E-state index in [9.17, 15) is 4.79 Å². The van der Waals surface area contributed by atoms with Gasteiger partial charge in [-0.1, -0.05) is 18.2 Å². The molecule has 0 saturated carbocycles. The van der Waals surface area contributed by atoms with E-state index in [1.165, 1.54) is 5.69 Å². The molecule has 1 fully saturated rings. The normalized spacial score (nSPS) is 14.7. The van der Waals surface area contributed by atoms with Crippen LogP contribution in [0.3, 0.4) is 0 Å². The number of benzene rings is 1. The molecule has 1 amide bonds. The summed E-state index contributed by atoms with van der Waals surface area (Å²) in [4.78, 5) is 25.4. The van der Waals surface area contributed by atoms with Crippen LogP contribution in [0.1, 0.15) is 5.56 Å². The van der Waals surface area contributed by atoms with Gasteiger partial charge in [0, 0.05) is 55.8 Å². The third kappa shape index (κ3) is 3.45. The van der Waals surface area contributed by atoms with Gasteiger partial charge >= 0.3 is 0 Å². The number of rotatable bonds is 3. The predicted molar refractivity (Wildman–Crippen MR) is 98.5 cm³/mol. The van der Waals surface area contributed by atoms with Crippen LogP contribution in [-0.2, 0) is 11.2 Å². The van der Waals surface area contributed by atoms with Gasteiger partial charge in [-0.05, 0) is 29.8 Å². The van der Waals surface area contributed by atoms with E-state index in [0.717, 1.165) is 42.6 Å². The monoisotopic (exact) mass is 332 g/mol. The second-order valence-corrected chi connectivity index (χ2v) is 6.29. The zero-order valence-electron chi connectivity index (χ0n) is 14.0. The van der Waals surface area contributed by atoms with Crippen LogP contribution in [0.15, 0.2) is 61.1 Å². The summed E-state index contributed by atoms with van der Waals surface area (Å²) in [5, 5.41) is 1.08. The molecule has 4 rings (SSSR count). The van der Waals surface area contributed by atoms with Crippen LogP contribution >= 0.6 is 0 Å². The van der Waals surface area contributed by atoms with Crippen LogP contribution in [-0.4, -0.2) is 47.0 Å². The van der Waals surface area contributed by atoms with E-state index >= 15 is 0 Å². The molecule has 3 aromatic rings. The third-order valence-electron chi connectivity index (χ3n) is 4.66. The molecule has 0 aliphatic carbocycles. The van der Waals surface area contributed by atoms with E-state index in [4.69, 9.17) is 0 Å². The zero-order chi connectivity index (χ0) is 17.1. The van der Waals surface area contributed by atoms with E-state index in [0.29, 0.717) is 6.42 Å². The highest BCUT2D eigenvalue weighted by molar-refractivity contribution is 5.82. The molecule has 1 saturated heterocycles. The van der Waals surface area contributed by atoms with Crippen molar-refractivity contribution in [2.24, 2.45) is 0 Å². The Bertz CT molecular complexity index is 873. The molecule has 0 unspecified atom stereocenters. The molecule has 0 atom stereocenters. The fraction of sp³-hybridized carbons (Fsp3) is 0.250. The molecule has 1 aromatic carbocycles. The van der Waals surface area contributed by atoms with Crippen molar-refractivity contribution in [1.29, 1.82) is 0 Å². The van der Waals surface area contributed by atoms with E-state index in [2.05, 4.69) is 20.9 Å². The Labute approximate surface area is 146 Å². The minimum Gasteiger partial charge on any atom is -0.368 e. The van der Waals surface area contributed by atoms with Crippen molar-refractivity contribution in [3.63, 3.8) is 0 Å². The smallest absolute Gasteiger partial charge is 0.227 e. The molecule has 5 heteroatoms. The minimum atomic E-state index is 0.173. The number of amides is 1. The van der Waals surface area contributed by atoms with Crippen molar-refractivity contribution in [3.8, 4) is 0 Å². The van der Waals surface area contributed by atoms with Crippen molar-refractivity contribution in [2.75, 3.05) is 31.1 Å². The molecule has 1 aliphatic rings. The minimum absolute atomic E-state index is 0.173. The molecule has 0 radical (unpaired) electrons. The zero-order valence-corrected chi connectivity index (χ0v) is 14.0. The second-order valence-electron chi connectivity index (χ2n) is 6.29. The standard InChI is InChI=1S/C20H20N4O/c25-20(14-16-13-17-3-1-2-4-19(17)22-15-16)24-11-9-23(10-12-24)18-5-7-21-8-6-18/h1-8,13,15H,9-12,14H2. The second kappa shape index (κ2) is 6.89. The van der Waals surface area contributed by atoms with Gasteiger partial charge in [-0.2, -0.15) is 0 Å². The predicted octanol–water partition coefficient (Wildman–Crippen LogP) is 2.52. The number of carbonyl (C=O) groups is 1. The molecule has 5 nitrogen and oxygen atoms in total. The highest BCUT2D eigenvalue weighted by Crippen LogP contribution is 2.17. The van der Waals surface area contributed by atoms with Gasteiger partial charge in [0.05, 0.1) is 11.9 Å². The first-order valence-corrected chi connectivity index (χ1v) is 8.56. The summed E-state index contributed by atoms with van der Waals surface area (Å²) in [7, 11) is 0. The van der Waals surface area contributed by atoms with Crippen molar-refractivity contribution in [3.05, 3.63) is 66.6 Å². The average molecular weight is 332 g/mol. The fourth-order valence-electron chi connectivity index (χ4n) is 3.27. The first kappa shape index (κ1) is 15.6. The van der Waals surface area contributed by atoms with E-state index in [-0.39, 0.29) is 5.91 Å². The number of aromatic nitrogens is 2. The number of para-hydroxylation sites is 1. The van der Waals surface area contributed by atoms with Gasteiger partial charge in [0.15, 0.2) is 0 Å². The maximum absolute atomic E-state index is 12.6. The molecular formula is C20H20N4O. The van der Waals surface area contributed by atoms with Gasteiger partial charge in [-0.15, -0.1) is 0 Å². The Kier molecular flexibility index (Phi) is 4.29. The van der Waals surface area contributed by atoms with Crippen molar-refractivity contribution < 1.29 is 4.79 Å². The molecule has 126 valence electrons. The molecule has 0 spiro atoms. The third-order valence-corrected chi connectivity index (χ3v) is 4.66. The van der Waals surface area contributed by atoms with Crippen LogP contribution in [0.4, 0.5) is 5.69 Å². The van der Waals surface area contributed by atoms with Gasteiger partial charge in [0.2, 0.25) is 5.91 Å². The fourth-order valence-corrected chi connectivity index (χ4v) is 3.27. The van der Waals surface area contributed by atoms with Crippen LogP contribution in [0, 0.1) is 0 Å². The first-order chi connectivity index (χ1) is 12.3. The number of carbonyl (C=O) groups excluding carboxylic acids is 1. The number of nitrogens with zero attached hydrogens (tertiary/aromatic N) is 4. The maximum atomic E-state index is 12.6. The van der Waals surface area contributed by atoms with Crippen molar-refractivity contribution >= 4 is 22.5 Å². The summed E-state index contributed by atoms with van der Waals surface area (Å²) in [5.41, 5.74) is 3.10. The Hall–Kier alpha value is -2.95. The molecule has 1 aliphatic heterocycles. The van der Waals surface area contributed by atoms with Gasteiger partial charge in [-0.3, -0.25) is 14.8 Å². The van der Waals surface area contributed by atoms with Crippen LogP contribution in [0.25, 0.3) is 10.9 Å². The number of fused-ring (bicyclic) bond motifs is 1. The lowest BCUT2D eigenvalue weighted by molar-refractivity contribution is -0.130. The number of hydrogen-bond acceptors (Lipinski definition) is 4. The Balaban J connectivity index is 1.38. The SMILES string of the molecule is O=C(Cc1cnc2ccccc2c1)N1CCN(c2ccncc2)CC1. The average Bonchev–Trinajstić information content (AvgIpc) is 2.69. The van der Waals surface area contributed by atoms with Crippen LogP contribution in [0.5, 0.6) is 0 Å². The lowest BCUT2D eigenvalue weighted by atomic mass is 10.1. The van der Waals surface area contributed by atoms with Gasteiger partial charge in [0.1, 0.15) is 0 Å². The van der Waals surface area contributed by atoms with E-state index < -0.39 is 0 Å². The van der Waals surface area contributed by atoms with E-state index in [1.807, 2.05) is 47.5 Å². The number of pyridine rings is 2. The Morgan fingerprint density at radius 1 is 1.00 bits per heavy atom. The summed E-state index contributed by atoms with van der Waals surface area (Å²) in [6.45, 7) is 3.21. The first-order valence-electron chi connectivity index (χ1n) is 8.56. The number of hydrogen-bond donors (Lipinski definition) is 0. The molecule has 25 heavy (non-hydrogen) atoms. The van der Waals surface area contributed by atoms with Crippen molar-refractivity contribution in [1.82, 2.24) is 14.9 Å². The Morgan fingerprint density at radius 3 is 2.56 bits per heavy atom. The molecular weight excluding hydrogens is 312 g/mol. The summed E-state index contributed by atoms with van der Waals surface area (Å²) >= 11 is 0. The maximum Gasteiger partial charge on any atom is 0.227 e. The molecule has 0 N–H and O–H groups in total. The van der Waals surface area contributed by atoms with Gasteiger partial charge < -0.3 is 9.80 Å². The summed E-state index contributed by atoms with van der Waals surface area (Å²) in [6.07, 6.45) is 5.83. The summed E-state index contributed by atoms with van der Waals surface area (Å²) in [6, 6.07) is 14.1. The summed E-state index contributed by atoms with van der Waals surface area (Å²) < 4.78 is 0. The van der Waals surface area contributed by atoms with Crippen molar-refractivity contribution in [2.45, 2.75) is 6.42 Å². The van der Waals surface area contributed by atoms with Gasteiger partial charge in [-0.25, -0.2) is 0 Å². The molecule has 3 heterocycles. The number of piperazine rings is 1. The lowest BCUT2D eigenvalue weighted by Crippen LogP contribution is -2.49. The van der Waals surface area contributed by atoms with Crippen LogP contribution in [0.2, 0.25) is 0 Å². The molecule has 2 aromatic heterocycles. The summed E-state index contributed by atoms with van der Waals surface area (Å²) in [5.74, 6) is 0.173. The lowest BCUT2D eigenvalue weighted by Gasteiger charge is -2.36. The van der Waals surface area contributed by atoms with E-state index in [1.54, 1.807) is 12.4 Å².